The zero-order chi connectivity index (χ0) is 25.3. The van der Waals surface area contributed by atoms with E-state index >= 15 is 0 Å². The lowest BCUT2D eigenvalue weighted by Gasteiger charge is -2.13. The van der Waals surface area contributed by atoms with E-state index in [4.69, 9.17) is 14.3 Å². The van der Waals surface area contributed by atoms with Crippen LogP contribution in [0.5, 0.6) is 5.75 Å². The second-order valence-electron chi connectivity index (χ2n) is 8.25. The number of carboxylic acids is 1. The van der Waals surface area contributed by atoms with Crippen LogP contribution in [0.2, 0.25) is 0 Å². The van der Waals surface area contributed by atoms with Gasteiger partial charge in [0.2, 0.25) is 0 Å². The molecule has 4 aromatic rings. The molecule has 1 heterocycles. The maximum absolute atomic E-state index is 11.3. The number of carbonyl (C=O) groups is 1. The van der Waals surface area contributed by atoms with Crippen molar-refractivity contribution in [2.45, 2.75) is 26.0 Å². The quantitative estimate of drug-likeness (QED) is 0.221. The molecule has 0 spiro atoms. The topological polar surface area (TPSA) is 82.3 Å². The number of carboxylic acid groups (broad SMARTS) is 1. The number of hydrogen-bond donors (Lipinski definition) is 1. The van der Waals surface area contributed by atoms with Crippen molar-refractivity contribution in [3.63, 3.8) is 0 Å². The lowest BCUT2D eigenvalue weighted by molar-refractivity contribution is -0.149. The highest BCUT2D eigenvalue weighted by molar-refractivity contribution is 6.13. The van der Waals surface area contributed by atoms with Crippen LogP contribution in [0, 0.1) is 0 Å². The lowest BCUT2D eigenvalue weighted by Crippen LogP contribution is -2.26. The average molecular weight is 487 g/mol. The standard InChI is InChI=1S/C29H30N2O5/c1-3-35-27(29(32)33)19-21-9-13-25(14-10-21)36-18-17-31-16-15-22-11-12-24(20-26(22)31)28(30-34-2)23-7-5-4-6-8-23/h4-16,20,27H,3,17-19H2,1-2H3,(H,32,33)/b30-28+/t27-/m1/s1. The molecule has 1 atom stereocenters. The fraction of sp³-hybridized carbons (Fsp3) is 0.241. The summed E-state index contributed by atoms with van der Waals surface area (Å²) in [5.41, 5.74) is 4.71. The van der Waals surface area contributed by atoms with Gasteiger partial charge in [-0.15, -0.1) is 0 Å². The van der Waals surface area contributed by atoms with Crippen molar-refractivity contribution in [3.8, 4) is 5.75 Å². The van der Waals surface area contributed by atoms with Crippen LogP contribution in [-0.2, 0) is 27.3 Å². The third-order valence-electron chi connectivity index (χ3n) is 5.87. The molecule has 0 aliphatic carbocycles. The van der Waals surface area contributed by atoms with Crippen molar-refractivity contribution in [2.75, 3.05) is 20.3 Å². The van der Waals surface area contributed by atoms with Crippen LogP contribution < -0.4 is 4.74 Å². The van der Waals surface area contributed by atoms with Crippen LogP contribution in [0.25, 0.3) is 10.9 Å². The first kappa shape index (κ1) is 25.0. The first-order valence-corrected chi connectivity index (χ1v) is 11.9. The fourth-order valence-corrected chi connectivity index (χ4v) is 4.10. The van der Waals surface area contributed by atoms with E-state index in [2.05, 4.69) is 40.2 Å². The van der Waals surface area contributed by atoms with Crippen LogP contribution in [0.3, 0.4) is 0 Å². The van der Waals surface area contributed by atoms with Gasteiger partial charge in [0.1, 0.15) is 25.2 Å². The average Bonchev–Trinajstić information content (AvgIpc) is 3.30. The Kier molecular flexibility index (Phi) is 8.36. The minimum absolute atomic E-state index is 0.318. The number of fused-ring (bicyclic) bond motifs is 1. The summed E-state index contributed by atoms with van der Waals surface area (Å²) in [6, 6.07) is 25.8. The van der Waals surface area contributed by atoms with Crippen molar-refractivity contribution in [1.29, 1.82) is 0 Å². The minimum Gasteiger partial charge on any atom is -0.492 e. The SMILES string of the molecule is CCO[C@H](Cc1ccc(OCCn2ccc3ccc(/C(=N/OC)c4ccccc4)cc32)cc1)C(=O)O. The number of oxime groups is 1. The summed E-state index contributed by atoms with van der Waals surface area (Å²) < 4.78 is 13.4. The van der Waals surface area contributed by atoms with Gasteiger partial charge in [-0.2, -0.15) is 0 Å². The largest absolute Gasteiger partial charge is 0.492 e. The molecular formula is C29H30N2O5. The highest BCUT2D eigenvalue weighted by Crippen LogP contribution is 2.21. The van der Waals surface area contributed by atoms with Crippen molar-refractivity contribution >= 4 is 22.6 Å². The van der Waals surface area contributed by atoms with E-state index in [9.17, 15) is 9.90 Å². The summed E-state index contributed by atoms with van der Waals surface area (Å²) in [6.45, 7) is 3.31. The Labute approximate surface area is 210 Å². The lowest BCUT2D eigenvalue weighted by atomic mass is 10.0. The number of aromatic nitrogens is 1. The minimum atomic E-state index is -0.955. The van der Waals surface area contributed by atoms with Crippen molar-refractivity contribution in [1.82, 2.24) is 4.57 Å². The van der Waals surface area contributed by atoms with Crippen LogP contribution in [0.4, 0.5) is 0 Å². The molecule has 3 aromatic carbocycles. The zero-order valence-electron chi connectivity index (χ0n) is 20.5. The second-order valence-corrected chi connectivity index (χ2v) is 8.25. The molecular weight excluding hydrogens is 456 g/mol. The highest BCUT2D eigenvalue weighted by Gasteiger charge is 2.18. The number of hydrogen-bond acceptors (Lipinski definition) is 5. The summed E-state index contributed by atoms with van der Waals surface area (Å²) in [6.07, 6.45) is 1.53. The normalized spacial score (nSPS) is 12.4. The van der Waals surface area contributed by atoms with E-state index in [1.54, 1.807) is 14.0 Å². The predicted octanol–water partition coefficient (Wildman–Crippen LogP) is 5.15. The van der Waals surface area contributed by atoms with Gasteiger partial charge in [-0.1, -0.05) is 59.8 Å². The molecule has 1 aromatic heterocycles. The van der Waals surface area contributed by atoms with E-state index in [1.165, 1.54) is 0 Å². The van der Waals surface area contributed by atoms with E-state index in [-0.39, 0.29) is 0 Å². The van der Waals surface area contributed by atoms with E-state index in [0.29, 0.717) is 26.2 Å². The summed E-state index contributed by atoms with van der Waals surface area (Å²) >= 11 is 0. The molecule has 0 aliphatic rings. The Morgan fingerprint density at radius 2 is 1.78 bits per heavy atom. The van der Waals surface area contributed by atoms with Gasteiger partial charge in [0.05, 0.1) is 6.54 Å². The Bertz CT molecular complexity index is 1310. The van der Waals surface area contributed by atoms with Crippen molar-refractivity contribution in [2.24, 2.45) is 5.16 Å². The monoisotopic (exact) mass is 486 g/mol. The number of nitrogens with zero attached hydrogens (tertiary/aromatic N) is 2. The molecule has 186 valence electrons. The Balaban J connectivity index is 1.42. The maximum Gasteiger partial charge on any atom is 0.333 e. The van der Waals surface area contributed by atoms with Gasteiger partial charge in [0, 0.05) is 35.9 Å². The molecule has 0 bridgehead atoms. The van der Waals surface area contributed by atoms with Crippen molar-refractivity contribution < 1.29 is 24.2 Å². The Morgan fingerprint density at radius 1 is 1.00 bits per heavy atom. The Hall–Kier alpha value is -4.10. The molecule has 4 rings (SSSR count). The van der Waals surface area contributed by atoms with E-state index in [0.717, 1.165) is 39.1 Å². The van der Waals surface area contributed by atoms with E-state index < -0.39 is 12.1 Å². The van der Waals surface area contributed by atoms with Gasteiger partial charge in [0.15, 0.2) is 6.10 Å². The number of ether oxygens (including phenoxy) is 2. The number of benzene rings is 3. The molecule has 36 heavy (non-hydrogen) atoms. The van der Waals surface area contributed by atoms with E-state index in [1.807, 2.05) is 54.6 Å². The third kappa shape index (κ3) is 6.12. The van der Waals surface area contributed by atoms with Gasteiger partial charge in [0.25, 0.3) is 0 Å². The highest BCUT2D eigenvalue weighted by atomic mass is 16.6. The van der Waals surface area contributed by atoms with Crippen LogP contribution >= 0.6 is 0 Å². The van der Waals surface area contributed by atoms with Gasteiger partial charge < -0.3 is 24.0 Å². The maximum atomic E-state index is 11.3. The molecule has 1 N–H and O–H groups in total. The van der Waals surface area contributed by atoms with Crippen molar-refractivity contribution in [3.05, 3.63) is 102 Å². The second kappa shape index (κ2) is 12.0. The van der Waals surface area contributed by atoms with Gasteiger partial charge in [-0.25, -0.2) is 4.79 Å². The number of rotatable bonds is 12. The van der Waals surface area contributed by atoms with Gasteiger partial charge in [-0.3, -0.25) is 0 Å². The summed E-state index contributed by atoms with van der Waals surface area (Å²) in [4.78, 5) is 16.4. The molecule has 0 amide bonds. The van der Waals surface area contributed by atoms with Crippen LogP contribution in [0.1, 0.15) is 23.6 Å². The van der Waals surface area contributed by atoms with Crippen LogP contribution in [0.15, 0.2) is 90.2 Å². The molecule has 7 nitrogen and oxygen atoms in total. The molecule has 0 radical (unpaired) electrons. The molecule has 0 fully saturated rings. The first-order chi connectivity index (χ1) is 17.6. The third-order valence-corrected chi connectivity index (χ3v) is 5.87. The zero-order valence-corrected chi connectivity index (χ0v) is 20.5. The molecule has 0 aliphatic heterocycles. The Morgan fingerprint density at radius 3 is 2.47 bits per heavy atom. The molecule has 0 saturated heterocycles. The fourth-order valence-electron chi connectivity index (χ4n) is 4.10. The number of aliphatic carboxylic acids is 1. The first-order valence-electron chi connectivity index (χ1n) is 11.9. The molecule has 0 saturated carbocycles. The smallest absolute Gasteiger partial charge is 0.333 e. The molecule has 7 heteroatoms. The predicted molar refractivity (Wildman–Crippen MR) is 140 cm³/mol. The van der Waals surface area contributed by atoms with Gasteiger partial charge >= 0.3 is 5.97 Å². The summed E-state index contributed by atoms with van der Waals surface area (Å²) in [7, 11) is 1.55. The van der Waals surface area contributed by atoms with Crippen LogP contribution in [-0.4, -0.2) is 47.8 Å². The summed E-state index contributed by atoms with van der Waals surface area (Å²) in [5, 5.41) is 14.7. The summed E-state index contributed by atoms with van der Waals surface area (Å²) in [5.74, 6) is -0.221. The molecule has 0 unspecified atom stereocenters. The van der Waals surface area contributed by atoms with Gasteiger partial charge in [-0.05, 0) is 42.1 Å².